The second-order valence-electron chi connectivity index (χ2n) is 5.29. The van der Waals surface area contributed by atoms with E-state index in [0.717, 1.165) is 5.56 Å². The number of halogens is 1. The number of carbonyl (C=O) groups excluding carboxylic acids is 2. The summed E-state index contributed by atoms with van der Waals surface area (Å²) in [5.41, 5.74) is 0.239. The number of hydrogen-bond donors (Lipinski definition) is 1. The molecule has 0 spiro atoms. The predicted molar refractivity (Wildman–Crippen MR) is 88.8 cm³/mol. The molecule has 0 bridgehead atoms. The SMILES string of the molecule is [CH2-][C@H](NC(=O)OC(C)(C)C)C(=O)OCc1ccccc1.[Zn+][I]. The van der Waals surface area contributed by atoms with Gasteiger partial charge in [0, 0.05) is 6.04 Å². The number of alkyl carbamates (subject to hydrolysis) is 1. The zero-order chi connectivity index (χ0) is 17.2. The van der Waals surface area contributed by atoms with Crippen LogP contribution in [0.1, 0.15) is 26.3 Å². The van der Waals surface area contributed by atoms with Gasteiger partial charge in [-0.15, -0.1) is 0 Å². The molecule has 0 aliphatic heterocycles. The van der Waals surface area contributed by atoms with Crippen LogP contribution in [0, 0.1) is 6.92 Å². The molecule has 1 aromatic carbocycles. The zero-order valence-electron chi connectivity index (χ0n) is 13.1. The maximum atomic E-state index is 11.7. The van der Waals surface area contributed by atoms with E-state index in [1.165, 1.54) is 14.8 Å². The van der Waals surface area contributed by atoms with Crippen LogP contribution in [0.2, 0.25) is 0 Å². The number of esters is 1. The van der Waals surface area contributed by atoms with Crippen LogP contribution >= 0.6 is 19.8 Å². The van der Waals surface area contributed by atoms with Crippen molar-refractivity contribution in [3.8, 4) is 0 Å². The van der Waals surface area contributed by atoms with E-state index in [1.807, 2.05) is 30.3 Å². The average molecular weight is 471 g/mol. The average Bonchev–Trinajstić information content (AvgIpc) is 2.45. The molecular formula is C15H20INO4Zn. The monoisotopic (exact) mass is 469 g/mol. The van der Waals surface area contributed by atoms with Gasteiger partial charge in [0.15, 0.2) is 0 Å². The van der Waals surface area contributed by atoms with Gasteiger partial charge in [-0.2, -0.15) is 0 Å². The van der Waals surface area contributed by atoms with Crippen molar-refractivity contribution >= 4 is 31.8 Å². The molecule has 0 heterocycles. The van der Waals surface area contributed by atoms with E-state index < -0.39 is 23.7 Å². The predicted octanol–water partition coefficient (Wildman–Crippen LogP) is 3.34. The normalized spacial score (nSPS) is 11.6. The molecule has 0 unspecified atom stereocenters. The Hall–Kier alpha value is -0.687. The Morgan fingerprint density at radius 2 is 1.82 bits per heavy atom. The van der Waals surface area contributed by atoms with Crippen molar-refractivity contribution in [2.45, 2.75) is 39.0 Å². The Labute approximate surface area is 152 Å². The topological polar surface area (TPSA) is 64.6 Å². The third kappa shape index (κ3) is 10.1. The van der Waals surface area contributed by atoms with Gasteiger partial charge in [-0.3, -0.25) is 4.79 Å². The molecule has 0 fully saturated rings. The first-order chi connectivity index (χ1) is 10.3. The van der Waals surface area contributed by atoms with Gasteiger partial charge in [0.2, 0.25) is 0 Å². The molecule has 5 nitrogen and oxygen atoms in total. The first kappa shape index (κ1) is 21.3. The minimum atomic E-state index is -1.01. The standard InChI is InChI=1S/C15H20NO4.HI.Zn/c1-11(16-14(18)20-15(2,3)4)13(17)19-10-12-8-6-5-7-9-12;;/h5-9,11H,1,10H2,2-4H3,(H,16,18);1H;/q-1;;+2/p-1/t11-;;/m0../s1. The van der Waals surface area contributed by atoms with Gasteiger partial charge in [-0.1, -0.05) is 30.3 Å². The molecule has 1 amide bonds. The number of hydrogen-bond acceptors (Lipinski definition) is 4. The molecule has 118 valence electrons. The Kier molecular flexibility index (Phi) is 10.6. The van der Waals surface area contributed by atoms with Crippen molar-refractivity contribution in [3.63, 3.8) is 0 Å². The van der Waals surface area contributed by atoms with E-state index in [4.69, 9.17) is 9.47 Å². The van der Waals surface area contributed by atoms with Gasteiger partial charge < -0.3 is 21.7 Å². The van der Waals surface area contributed by atoms with Crippen LogP contribution in [-0.2, 0) is 35.7 Å². The number of benzene rings is 1. The van der Waals surface area contributed by atoms with Crippen LogP contribution in [0.4, 0.5) is 4.79 Å². The summed E-state index contributed by atoms with van der Waals surface area (Å²) in [7, 11) is 0. The first-order valence-corrected chi connectivity index (χ1v) is 15.6. The maximum absolute atomic E-state index is 11.7. The molecule has 22 heavy (non-hydrogen) atoms. The van der Waals surface area contributed by atoms with Gasteiger partial charge in [0.25, 0.3) is 5.97 Å². The summed E-state index contributed by atoms with van der Waals surface area (Å²) < 4.78 is 10.1. The molecule has 0 saturated heterocycles. The van der Waals surface area contributed by atoms with Crippen molar-refractivity contribution in [2.24, 2.45) is 0 Å². The fraction of sp³-hybridized carbons (Fsp3) is 0.400. The van der Waals surface area contributed by atoms with Gasteiger partial charge in [0.1, 0.15) is 12.2 Å². The molecular weight excluding hydrogens is 450 g/mol. The molecule has 0 aromatic heterocycles. The first-order valence-electron chi connectivity index (χ1n) is 6.58. The summed E-state index contributed by atoms with van der Waals surface area (Å²) in [5, 5.41) is 2.33. The molecule has 7 heteroatoms. The van der Waals surface area contributed by atoms with Gasteiger partial charge in [0.05, 0.1) is 0 Å². The number of ether oxygens (including phenoxy) is 2. The molecule has 1 rings (SSSR count). The third-order valence-corrected chi connectivity index (χ3v) is 2.20. The summed E-state index contributed by atoms with van der Waals surface area (Å²) in [4.78, 5) is 23.1. The summed E-state index contributed by atoms with van der Waals surface area (Å²) in [6, 6.07) is 8.25. The Morgan fingerprint density at radius 1 is 1.27 bits per heavy atom. The molecule has 0 radical (unpaired) electrons. The number of carbonyl (C=O) groups is 2. The molecule has 0 saturated carbocycles. The van der Waals surface area contributed by atoms with Crippen LogP contribution in [-0.4, -0.2) is 23.7 Å². The van der Waals surface area contributed by atoms with E-state index in [2.05, 4.69) is 32.0 Å². The minimum absolute atomic E-state index is 0.141. The van der Waals surface area contributed by atoms with Gasteiger partial charge in [-0.25, -0.2) is 4.79 Å². The second kappa shape index (κ2) is 10.9. The fourth-order valence-corrected chi connectivity index (χ4v) is 1.34. The Balaban J connectivity index is 0.00000211. The van der Waals surface area contributed by atoms with E-state index in [0.29, 0.717) is 0 Å². The summed E-state index contributed by atoms with van der Waals surface area (Å²) in [5.74, 6) is -0.611. The molecule has 0 aliphatic rings. The quantitative estimate of drug-likeness (QED) is 0.317. The van der Waals surface area contributed by atoms with Crippen LogP contribution in [0.3, 0.4) is 0 Å². The van der Waals surface area contributed by atoms with Crippen LogP contribution in [0.15, 0.2) is 30.3 Å². The Bertz CT molecular complexity index is 462. The molecule has 1 aromatic rings. The third-order valence-electron chi connectivity index (χ3n) is 2.20. The van der Waals surface area contributed by atoms with Crippen molar-refractivity contribution in [3.05, 3.63) is 42.8 Å². The summed E-state index contributed by atoms with van der Waals surface area (Å²) in [6.45, 7) is 8.88. The van der Waals surface area contributed by atoms with E-state index >= 15 is 0 Å². The van der Waals surface area contributed by atoms with Crippen LogP contribution in [0.5, 0.6) is 0 Å². The number of amides is 1. The molecule has 1 atom stereocenters. The van der Waals surface area contributed by atoms with E-state index in [1.54, 1.807) is 20.8 Å². The Morgan fingerprint density at radius 3 is 2.32 bits per heavy atom. The summed E-state index contributed by atoms with van der Waals surface area (Å²) >= 11 is 3.62. The summed E-state index contributed by atoms with van der Waals surface area (Å²) in [6.07, 6.45) is -0.700. The second-order valence-corrected chi connectivity index (χ2v) is 5.29. The van der Waals surface area contributed by atoms with Crippen molar-refractivity contribution in [1.82, 2.24) is 5.32 Å². The van der Waals surface area contributed by atoms with Crippen molar-refractivity contribution in [1.29, 1.82) is 0 Å². The fourth-order valence-electron chi connectivity index (χ4n) is 1.34. The van der Waals surface area contributed by atoms with Crippen molar-refractivity contribution < 1.29 is 33.9 Å². The van der Waals surface area contributed by atoms with E-state index in [9.17, 15) is 9.59 Å². The van der Waals surface area contributed by atoms with E-state index in [-0.39, 0.29) is 6.61 Å². The number of nitrogens with one attached hydrogen (secondary N) is 1. The molecule has 1 N–H and O–H groups in total. The zero-order valence-corrected chi connectivity index (χ0v) is 18.2. The van der Waals surface area contributed by atoms with Crippen LogP contribution < -0.4 is 5.32 Å². The van der Waals surface area contributed by atoms with Gasteiger partial charge >= 0.3 is 40.6 Å². The number of rotatable bonds is 4. The van der Waals surface area contributed by atoms with Crippen LogP contribution in [0.25, 0.3) is 0 Å². The van der Waals surface area contributed by atoms with Crippen molar-refractivity contribution in [2.75, 3.05) is 0 Å². The van der Waals surface area contributed by atoms with Gasteiger partial charge in [-0.05, 0) is 26.3 Å². The molecule has 0 aliphatic carbocycles.